The van der Waals surface area contributed by atoms with E-state index < -0.39 is 10.0 Å². The van der Waals surface area contributed by atoms with Crippen LogP contribution in [0.25, 0.3) is 32.9 Å². The number of hydrogen-bond donors (Lipinski definition) is 2. The van der Waals surface area contributed by atoms with Crippen molar-refractivity contribution in [2.75, 3.05) is 4.72 Å². The summed E-state index contributed by atoms with van der Waals surface area (Å²) in [6.07, 6.45) is 0. The molecule has 32 heavy (non-hydrogen) atoms. The molecule has 1 heterocycles. The van der Waals surface area contributed by atoms with E-state index >= 15 is 0 Å². The molecule has 5 rings (SSSR count). The molecule has 0 spiro atoms. The standard InChI is InChI=1S/C26H19N3O2S/c27-16-18-12-14-19(15-13-18)17-32(30,31)29-25-11-4-2-7-21(25)23-9-5-8-22-20-6-1-3-10-24(20)28-26(22)23/h1-15,28-29H,17H2. The third kappa shape index (κ3) is 3.70. The van der Waals surface area contributed by atoms with Gasteiger partial charge in [-0.25, -0.2) is 8.42 Å². The Balaban J connectivity index is 1.54. The van der Waals surface area contributed by atoms with E-state index in [2.05, 4.69) is 21.8 Å². The number of nitrogens with zero attached hydrogens (tertiary/aromatic N) is 1. The molecule has 5 aromatic rings. The van der Waals surface area contributed by atoms with Gasteiger partial charge in [0, 0.05) is 27.4 Å². The van der Waals surface area contributed by atoms with Gasteiger partial charge in [-0.15, -0.1) is 0 Å². The van der Waals surface area contributed by atoms with Crippen LogP contribution in [0.1, 0.15) is 11.1 Å². The Labute approximate surface area is 186 Å². The summed E-state index contributed by atoms with van der Waals surface area (Å²) < 4.78 is 28.6. The molecule has 0 saturated carbocycles. The summed E-state index contributed by atoms with van der Waals surface area (Å²) in [4.78, 5) is 3.48. The zero-order valence-corrected chi connectivity index (χ0v) is 17.9. The Morgan fingerprint density at radius 1 is 0.781 bits per heavy atom. The fourth-order valence-electron chi connectivity index (χ4n) is 4.00. The number of hydrogen-bond acceptors (Lipinski definition) is 3. The number of sulfonamides is 1. The fraction of sp³-hybridized carbons (Fsp3) is 0.0385. The van der Waals surface area contributed by atoms with Crippen LogP contribution >= 0.6 is 0 Å². The summed E-state index contributed by atoms with van der Waals surface area (Å²) >= 11 is 0. The number of nitriles is 1. The first-order chi connectivity index (χ1) is 15.5. The quantitative estimate of drug-likeness (QED) is 0.364. The number of H-pyrrole nitrogens is 1. The molecular formula is C26H19N3O2S. The minimum absolute atomic E-state index is 0.177. The predicted molar refractivity (Wildman–Crippen MR) is 129 cm³/mol. The topological polar surface area (TPSA) is 85.8 Å². The number of anilines is 1. The highest BCUT2D eigenvalue weighted by molar-refractivity contribution is 7.91. The van der Waals surface area contributed by atoms with Gasteiger partial charge in [-0.1, -0.05) is 66.7 Å². The molecule has 0 aliphatic rings. The molecule has 0 unspecified atom stereocenters. The molecule has 0 fully saturated rings. The smallest absolute Gasteiger partial charge is 0.236 e. The molecule has 0 bridgehead atoms. The maximum atomic E-state index is 12.9. The van der Waals surface area contributed by atoms with Crippen LogP contribution < -0.4 is 4.72 Å². The first-order valence-electron chi connectivity index (χ1n) is 10.1. The lowest BCUT2D eigenvalue weighted by Gasteiger charge is -2.14. The first kappa shape index (κ1) is 19.9. The Kier molecular flexibility index (Phi) is 4.89. The third-order valence-electron chi connectivity index (χ3n) is 5.46. The number of benzene rings is 4. The van der Waals surface area contributed by atoms with Gasteiger partial charge in [0.05, 0.1) is 28.6 Å². The SMILES string of the molecule is N#Cc1ccc(CS(=O)(=O)Nc2ccccc2-c2cccc3c2[nH]c2ccccc23)cc1. The number of rotatable bonds is 5. The van der Waals surface area contributed by atoms with E-state index in [0.29, 0.717) is 16.8 Å². The van der Waals surface area contributed by atoms with Gasteiger partial charge in [0.2, 0.25) is 10.0 Å². The lowest BCUT2D eigenvalue weighted by atomic mass is 10.0. The molecule has 0 aliphatic carbocycles. The van der Waals surface area contributed by atoms with Crippen LogP contribution in [0.15, 0.2) is 91.0 Å². The number of para-hydroxylation sites is 3. The van der Waals surface area contributed by atoms with Crippen molar-refractivity contribution in [1.29, 1.82) is 5.26 Å². The van der Waals surface area contributed by atoms with Crippen LogP contribution in [0.2, 0.25) is 0 Å². The van der Waals surface area contributed by atoms with E-state index in [-0.39, 0.29) is 5.75 Å². The molecule has 0 amide bonds. The van der Waals surface area contributed by atoms with E-state index in [9.17, 15) is 8.42 Å². The van der Waals surface area contributed by atoms with E-state index in [1.54, 1.807) is 30.3 Å². The summed E-state index contributed by atoms with van der Waals surface area (Å²) in [6.45, 7) is 0. The molecule has 2 N–H and O–H groups in total. The van der Waals surface area contributed by atoms with Crippen molar-refractivity contribution in [3.8, 4) is 17.2 Å². The molecule has 1 aromatic heterocycles. The van der Waals surface area contributed by atoms with E-state index in [1.807, 2.05) is 54.6 Å². The summed E-state index contributed by atoms with van der Waals surface area (Å²) in [5.74, 6) is -0.177. The van der Waals surface area contributed by atoms with Crippen molar-refractivity contribution in [3.05, 3.63) is 102 Å². The van der Waals surface area contributed by atoms with Crippen LogP contribution in [-0.2, 0) is 15.8 Å². The highest BCUT2D eigenvalue weighted by Crippen LogP contribution is 2.36. The molecular weight excluding hydrogens is 418 g/mol. The Hall–Kier alpha value is -4.08. The minimum Gasteiger partial charge on any atom is -0.354 e. The molecule has 4 aromatic carbocycles. The van der Waals surface area contributed by atoms with Crippen molar-refractivity contribution >= 4 is 37.5 Å². The first-order valence-corrected chi connectivity index (χ1v) is 11.8. The third-order valence-corrected chi connectivity index (χ3v) is 6.71. The van der Waals surface area contributed by atoms with Crippen LogP contribution in [0.3, 0.4) is 0 Å². The Bertz CT molecular complexity index is 1590. The molecule has 0 aliphatic heterocycles. The molecule has 0 saturated heterocycles. The number of aromatic amines is 1. The van der Waals surface area contributed by atoms with Gasteiger partial charge in [0.1, 0.15) is 0 Å². The molecule has 0 atom stereocenters. The maximum Gasteiger partial charge on any atom is 0.236 e. The second-order valence-electron chi connectivity index (χ2n) is 7.61. The average Bonchev–Trinajstić information content (AvgIpc) is 3.18. The van der Waals surface area contributed by atoms with Crippen LogP contribution in [-0.4, -0.2) is 13.4 Å². The van der Waals surface area contributed by atoms with Crippen molar-refractivity contribution < 1.29 is 8.42 Å². The zero-order chi connectivity index (χ0) is 22.1. The predicted octanol–water partition coefficient (Wildman–Crippen LogP) is 5.80. The Morgan fingerprint density at radius 2 is 1.47 bits per heavy atom. The average molecular weight is 438 g/mol. The van der Waals surface area contributed by atoms with E-state index in [4.69, 9.17) is 5.26 Å². The fourth-order valence-corrected chi connectivity index (χ4v) is 5.22. The van der Waals surface area contributed by atoms with Crippen LogP contribution in [0.5, 0.6) is 0 Å². The summed E-state index contributed by atoms with van der Waals surface area (Å²) in [5.41, 5.74) is 5.36. The van der Waals surface area contributed by atoms with E-state index in [1.165, 1.54) is 0 Å². The van der Waals surface area contributed by atoms with Crippen molar-refractivity contribution in [2.24, 2.45) is 0 Å². The molecule has 6 heteroatoms. The molecule has 156 valence electrons. The molecule has 5 nitrogen and oxygen atoms in total. The van der Waals surface area contributed by atoms with Gasteiger partial charge in [0.15, 0.2) is 0 Å². The van der Waals surface area contributed by atoms with Crippen molar-refractivity contribution in [1.82, 2.24) is 4.98 Å². The highest BCUT2D eigenvalue weighted by Gasteiger charge is 2.17. The number of fused-ring (bicyclic) bond motifs is 3. The van der Waals surface area contributed by atoms with Crippen molar-refractivity contribution in [3.63, 3.8) is 0 Å². The number of nitrogens with one attached hydrogen (secondary N) is 2. The summed E-state index contributed by atoms with van der Waals surface area (Å²) in [6, 6.07) is 30.1. The van der Waals surface area contributed by atoms with Crippen LogP contribution in [0.4, 0.5) is 5.69 Å². The maximum absolute atomic E-state index is 12.9. The summed E-state index contributed by atoms with van der Waals surface area (Å²) in [7, 11) is -3.66. The van der Waals surface area contributed by atoms with Gasteiger partial charge in [-0.3, -0.25) is 4.72 Å². The van der Waals surface area contributed by atoms with Gasteiger partial charge in [-0.2, -0.15) is 5.26 Å². The lowest BCUT2D eigenvalue weighted by Crippen LogP contribution is -2.15. The summed E-state index contributed by atoms with van der Waals surface area (Å²) in [5, 5.41) is 11.2. The lowest BCUT2D eigenvalue weighted by molar-refractivity contribution is 0.600. The second-order valence-corrected chi connectivity index (χ2v) is 9.34. The van der Waals surface area contributed by atoms with E-state index in [0.717, 1.165) is 32.9 Å². The zero-order valence-electron chi connectivity index (χ0n) is 17.0. The second kappa shape index (κ2) is 7.88. The highest BCUT2D eigenvalue weighted by atomic mass is 32.2. The Morgan fingerprint density at radius 3 is 2.28 bits per heavy atom. The largest absolute Gasteiger partial charge is 0.354 e. The molecule has 0 radical (unpaired) electrons. The van der Waals surface area contributed by atoms with Gasteiger partial charge in [-0.05, 0) is 29.8 Å². The normalized spacial score (nSPS) is 11.5. The number of aromatic nitrogens is 1. The van der Waals surface area contributed by atoms with Crippen LogP contribution in [0, 0.1) is 11.3 Å². The van der Waals surface area contributed by atoms with Gasteiger partial charge >= 0.3 is 0 Å². The monoisotopic (exact) mass is 437 g/mol. The van der Waals surface area contributed by atoms with Crippen molar-refractivity contribution in [2.45, 2.75) is 5.75 Å². The van der Waals surface area contributed by atoms with Gasteiger partial charge < -0.3 is 4.98 Å². The van der Waals surface area contributed by atoms with Gasteiger partial charge in [0.25, 0.3) is 0 Å². The minimum atomic E-state index is -3.66.